The van der Waals surface area contributed by atoms with Gasteiger partial charge in [-0.25, -0.2) is 0 Å². The first-order valence-electron chi connectivity index (χ1n) is 13.1. The van der Waals surface area contributed by atoms with Gasteiger partial charge in [0.15, 0.2) is 0 Å². The minimum absolute atomic E-state index is 0.0887. The number of rotatable bonds is 10. The van der Waals surface area contributed by atoms with Gasteiger partial charge in [0.25, 0.3) is 0 Å². The van der Waals surface area contributed by atoms with E-state index in [0.29, 0.717) is 23.0 Å². The van der Waals surface area contributed by atoms with Crippen molar-refractivity contribution in [3.05, 3.63) is 94.5 Å². The molecule has 0 aliphatic carbocycles. The highest BCUT2D eigenvalue weighted by Crippen LogP contribution is 2.53. The molecule has 2 aliphatic rings. The summed E-state index contributed by atoms with van der Waals surface area (Å²) in [5.41, 5.74) is 1.86. The van der Waals surface area contributed by atoms with Crippen molar-refractivity contribution in [1.29, 1.82) is 0 Å². The number of ether oxygens (including phenoxy) is 1. The summed E-state index contributed by atoms with van der Waals surface area (Å²) in [6, 6.07) is 25.6. The summed E-state index contributed by atoms with van der Waals surface area (Å²) in [5.74, 6) is 0.0887. The summed E-state index contributed by atoms with van der Waals surface area (Å²) >= 11 is 14.4. The van der Waals surface area contributed by atoms with Crippen LogP contribution in [0.25, 0.3) is 0 Å². The molecule has 5 rings (SSSR count). The normalized spacial score (nSPS) is 22.2. The Morgan fingerprint density at radius 3 is 2.45 bits per heavy atom. The van der Waals surface area contributed by atoms with Crippen LogP contribution in [0.4, 0.5) is 5.69 Å². The molecule has 1 amide bonds. The van der Waals surface area contributed by atoms with E-state index in [0.717, 1.165) is 62.0 Å². The number of thioether (sulfide) groups is 1. The molecule has 2 saturated heterocycles. The summed E-state index contributed by atoms with van der Waals surface area (Å²) in [6.07, 6.45) is 1.45. The number of carbonyl (C=O) groups excluding carboxylic acids is 1. The number of morpholine rings is 1. The van der Waals surface area contributed by atoms with Gasteiger partial charge in [-0.05, 0) is 67.5 Å². The Morgan fingerprint density at radius 1 is 0.947 bits per heavy atom. The van der Waals surface area contributed by atoms with Crippen LogP contribution in [-0.4, -0.2) is 61.5 Å². The van der Waals surface area contributed by atoms with Crippen LogP contribution in [0.15, 0.2) is 83.8 Å². The van der Waals surface area contributed by atoms with Crippen molar-refractivity contribution in [1.82, 2.24) is 10.2 Å². The van der Waals surface area contributed by atoms with E-state index in [1.807, 2.05) is 59.5 Å². The van der Waals surface area contributed by atoms with Crippen LogP contribution in [-0.2, 0) is 9.53 Å². The number of amides is 1. The third-order valence-corrected chi connectivity index (χ3v) is 9.08. The van der Waals surface area contributed by atoms with E-state index in [9.17, 15) is 4.79 Å². The Labute approximate surface area is 239 Å². The molecule has 200 valence electrons. The molecule has 8 heteroatoms. The highest BCUT2D eigenvalue weighted by Gasteiger charge is 2.53. The van der Waals surface area contributed by atoms with Crippen molar-refractivity contribution in [2.24, 2.45) is 0 Å². The molecule has 2 atom stereocenters. The fourth-order valence-corrected chi connectivity index (χ4v) is 7.19. The lowest BCUT2D eigenvalue weighted by Gasteiger charge is -2.38. The average Bonchev–Trinajstić information content (AvgIpc) is 3.21. The summed E-state index contributed by atoms with van der Waals surface area (Å²) in [4.78, 5) is 19.4. The Balaban J connectivity index is 1.45. The lowest BCUT2D eigenvalue weighted by Crippen LogP contribution is -2.44. The molecule has 2 aliphatic heterocycles. The third-order valence-electron chi connectivity index (χ3n) is 7.17. The van der Waals surface area contributed by atoms with Crippen LogP contribution < -0.4 is 10.2 Å². The zero-order valence-electron chi connectivity index (χ0n) is 21.3. The molecule has 0 aromatic heterocycles. The van der Waals surface area contributed by atoms with Crippen LogP contribution >= 0.6 is 35.0 Å². The monoisotopic (exact) mass is 569 g/mol. The van der Waals surface area contributed by atoms with E-state index in [-0.39, 0.29) is 11.9 Å². The van der Waals surface area contributed by atoms with Crippen LogP contribution in [0.1, 0.15) is 24.4 Å². The maximum atomic E-state index is 13.8. The Bertz CT molecular complexity index is 1210. The van der Waals surface area contributed by atoms with Gasteiger partial charge in [0.1, 0.15) is 0 Å². The van der Waals surface area contributed by atoms with Gasteiger partial charge in [0, 0.05) is 46.7 Å². The molecule has 3 aromatic carbocycles. The fraction of sp³-hybridized carbons (Fsp3) is 0.367. The topological polar surface area (TPSA) is 44.8 Å². The molecule has 5 nitrogen and oxygen atoms in total. The van der Waals surface area contributed by atoms with Crippen molar-refractivity contribution in [2.45, 2.75) is 28.5 Å². The molecule has 2 unspecified atom stereocenters. The Hall–Kier alpha value is -2.06. The standard InChI is InChI=1S/C30H33Cl2N3O2S/c31-24-12-10-23(11-13-24)29-30(38-27-8-2-1-3-9-27,22-33-14-5-15-34-16-18-37-19-17-34)21-28(36)35(29)26-7-4-6-25(32)20-26/h1-4,6-13,20,29,33H,5,14-19,21-22H2. The minimum Gasteiger partial charge on any atom is -0.379 e. The lowest BCUT2D eigenvalue weighted by molar-refractivity contribution is -0.117. The van der Waals surface area contributed by atoms with E-state index >= 15 is 0 Å². The smallest absolute Gasteiger partial charge is 0.229 e. The number of carbonyl (C=O) groups is 1. The van der Waals surface area contributed by atoms with E-state index in [2.05, 4.69) is 34.5 Å². The Kier molecular flexibility index (Phi) is 9.31. The Morgan fingerprint density at radius 2 is 1.71 bits per heavy atom. The number of benzene rings is 3. The summed E-state index contributed by atoms with van der Waals surface area (Å²) in [5, 5.41) is 5.02. The maximum Gasteiger partial charge on any atom is 0.229 e. The zero-order chi connectivity index (χ0) is 26.4. The molecular formula is C30H33Cl2N3O2S. The molecular weight excluding hydrogens is 537 g/mol. The van der Waals surface area contributed by atoms with Crippen LogP contribution in [0.3, 0.4) is 0 Å². The van der Waals surface area contributed by atoms with Gasteiger partial charge in [0.05, 0.1) is 24.0 Å². The fourth-order valence-electron chi connectivity index (χ4n) is 5.40. The summed E-state index contributed by atoms with van der Waals surface area (Å²) in [6.45, 7) is 6.23. The maximum absolute atomic E-state index is 13.8. The lowest BCUT2D eigenvalue weighted by atomic mass is 9.92. The average molecular weight is 571 g/mol. The minimum atomic E-state index is -0.437. The largest absolute Gasteiger partial charge is 0.379 e. The van der Waals surface area contributed by atoms with Crippen molar-refractivity contribution in [3.63, 3.8) is 0 Å². The summed E-state index contributed by atoms with van der Waals surface area (Å²) < 4.78 is 5.04. The predicted molar refractivity (Wildman–Crippen MR) is 158 cm³/mol. The first kappa shape index (κ1) is 27.5. The van der Waals surface area contributed by atoms with E-state index < -0.39 is 4.75 Å². The molecule has 0 spiro atoms. The molecule has 38 heavy (non-hydrogen) atoms. The molecule has 1 N–H and O–H groups in total. The highest BCUT2D eigenvalue weighted by atomic mass is 35.5. The van der Waals surface area contributed by atoms with Crippen molar-refractivity contribution in [3.8, 4) is 0 Å². The second kappa shape index (κ2) is 12.9. The quantitative estimate of drug-likeness (QED) is 0.290. The highest BCUT2D eigenvalue weighted by molar-refractivity contribution is 8.00. The van der Waals surface area contributed by atoms with Gasteiger partial charge in [-0.3, -0.25) is 9.69 Å². The van der Waals surface area contributed by atoms with E-state index in [4.69, 9.17) is 27.9 Å². The first-order chi connectivity index (χ1) is 18.5. The second-order valence-corrected chi connectivity index (χ2v) is 12.2. The van der Waals surface area contributed by atoms with Crippen LogP contribution in [0.5, 0.6) is 0 Å². The molecule has 0 saturated carbocycles. The molecule has 0 radical (unpaired) electrons. The van der Waals surface area contributed by atoms with Crippen LogP contribution in [0.2, 0.25) is 10.0 Å². The third kappa shape index (κ3) is 6.56. The number of hydrogen-bond donors (Lipinski definition) is 1. The van der Waals surface area contributed by atoms with Gasteiger partial charge in [-0.15, -0.1) is 11.8 Å². The van der Waals surface area contributed by atoms with E-state index in [1.165, 1.54) is 0 Å². The summed E-state index contributed by atoms with van der Waals surface area (Å²) in [7, 11) is 0. The second-order valence-electron chi connectivity index (χ2n) is 9.84. The molecule has 2 fully saturated rings. The molecule has 0 bridgehead atoms. The number of halogens is 2. The number of hydrogen-bond acceptors (Lipinski definition) is 5. The number of nitrogens with one attached hydrogen (secondary N) is 1. The van der Waals surface area contributed by atoms with Gasteiger partial charge < -0.3 is 15.0 Å². The van der Waals surface area contributed by atoms with Crippen molar-refractivity contribution >= 4 is 46.6 Å². The van der Waals surface area contributed by atoms with Gasteiger partial charge >= 0.3 is 0 Å². The van der Waals surface area contributed by atoms with Gasteiger partial charge in [-0.1, -0.05) is 59.6 Å². The van der Waals surface area contributed by atoms with Crippen LogP contribution in [0, 0.1) is 0 Å². The predicted octanol–water partition coefficient (Wildman–Crippen LogP) is 6.31. The van der Waals surface area contributed by atoms with Crippen molar-refractivity contribution in [2.75, 3.05) is 50.8 Å². The number of anilines is 1. The molecule has 2 heterocycles. The van der Waals surface area contributed by atoms with Gasteiger partial charge in [-0.2, -0.15) is 0 Å². The first-order valence-corrected chi connectivity index (χ1v) is 14.7. The molecule has 3 aromatic rings. The van der Waals surface area contributed by atoms with Crippen molar-refractivity contribution < 1.29 is 9.53 Å². The zero-order valence-corrected chi connectivity index (χ0v) is 23.7. The van der Waals surface area contributed by atoms with Gasteiger partial charge in [0.2, 0.25) is 5.91 Å². The SMILES string of the molecule is O=C1CC(CNCCCN2CCOCC2)(Sc2ccccc2)C(c2ccc(Cl)cc2)N1c1cccc(Cl)c1. The van der Waals surface area contributed by atoms with E-state index in [1.54, 1.807) is 11.8 Å². The number of nitrogens with zero attached hydrogens (tertiary/aromatic N) is 2.